The van der Waals surface area contributed by atoms with Crippen molar-refractivity contribution in [2.75, 3.05) is 20.2 Å². The number of hydrogen-bond acceptors (Lipinski definition) is 2. The second-order valence-electron chi connectivity index (χ2n) is 5.66. The van der Waals surface area contributed by atoms with Crippen LogP contribution in [-0.4, -0.2) is 20.2 Å². The van der Waals surface area contributed by atoms with Crippen LogP contribution in [0.15, 0.2) is 24.3 Å². The lowest BCUT2D eigenvalue weighted by Crippen LogP contribution is -2.39. The van der Waals surface area contributed by atoms with Gasteiger partial charge in [0.2, 0.25) is 0 Å². The first-order valence-corrected chi connectivity index (χ1v) is 8.08. The van der Waals surface area contributed by atoms with Gasteiger partial charge < -0.3 is 10.1 Å². The van der Waals surface area contributed by atoms with E-state index in [2.05, 4.69) is 50.4 Å². The van der Waals surface area contributed by atoms with Gasteiger partial charge in [0.25, 0.3) is 0 Å². The minimum Gasteiger partial charge on any atom is -0.496 e. The van der Waals surface area contributed by atoms with Gasteiger partial charge in [0.15, 0.2) is 0 Å². The third-order valence-corrected chi connectivity index (χ3v) is 4.03. The first-order chi connectivity index (χ1) is 9.74. The molecule has 2 heteroatoms. The minimum absolute atomic E-state index is 0.200. The Morgan fingerprint density at radius 1 is 1.00 bits per heavy atom. The van der Waals surface area contributed by atoms with Crippen LogP contribution in [0.4, 0.5) is 0 Å². The molecule has 1 rings (SSSR count). The second-order valence-corrected chi connectivity index (χ2v) is 5.66. The Hall–Kier alpha value is -1.02. The quantitative estimate of drug-likeness (QED) is 0.634. The van der Waals surface area contributed by atoms with Crippen LogP contribution in [0.3, 0.4) is 0 Å². The molecular weight excluding hydrogens is 246 g/mol. The highest BCUT2D eigenvalue weighted by atomic mass is 16.5. The third kappa shape index (κ3) is 4.24. The van der Waals surface area contributed by atoms with Gasteiger partial charge in [-0.3, -0.25) is 0 Å². The summed E-state index contributed by atoms with van der Waals surface area (Å²) in [5.74, 6) is 1.03. The molecule has 0 aliphatic heterocycles. The Morgan fingerprint density at radius 3 is 2.20 bits per heavy atom. The average Bonchev–Trinajstić information content (AvgIpc) is 2.48. The first-order valence-electron chi connectivity index (χ1n) is 8.08. The summed E-state index contributed by atoms with van der Waals surface area (Å²) >= 11 is 0. The van der Waals surface area contributed by atoms with Gasteiger partial charge in [0.1, 0.15) is 5.75 Å². The summed E-state index contributed by atoms with van der Waals surface area (Å²) in [5, 5.41) is 3.64. The Kier molecular flexibility index (Phi) is 7.68. The van der Waals surface area contributed by atoms with E-state index in [1.807, 2.05) is 0 Å². The van der Waals surface area contributed by atoms with E-state index in [0.717, 1.165) is 18.8 Å². The molecule has 1 aromatic carbocycles. The summed E-state index contributed by atoms with van der Waals surface area (Å²) in [5.41, 5.74) is 1.57. The van der Waals surface area contributed by atoms with E-state index in [1.54, 1.807) is 7.11 Å². The van der Waals surface area contributed by atoms with E-state index in [-0.39, 0.29) is 5.41 Å². The lowest BCUT2D eigenvalue weighted by molar-refractivity contribution is 0.316. The maximum atomic E-state index is 5.62. The molecule has 0 atom stereocenters. The molecule has 0 amide bonds. The van der Waals surface area contributed by atoms with Gasteiger partial charge in [-0.2, -0.15) is 0 Å². The highest BCUT2D eigenvalue weighted by Gasteiger charge is 2.32. The molecule has 0 saturated carbocycles. The summed E-state index contributed by atoms with van der Waals surface area (Å²) in [6.45, 7) is 8.91. The Morgan fingerprint density at radius 2 is 1.65 bits per heavy atom. The van der Waals surface area contributed by atoms with Crippen molar-refractivity contribution >= 4 is 0 Å². The normalized spacial score (nSPS) is 11.6. The zero-order valence-corrected chi connectivity index (χ0v) is 13.7. The van der Waals surface area contributed by atoms with Crippen molar-refractivity contribution < 1.29 is 4.74 Å². The molecule has 114 valence electrons. The SMILES string of the molecule is CCCNCC(CCC)(CCC)c1ccccc1OC. The zero-order valence-electron chi connectivity index (χ0n) is 13.7. The number of ether oxygens (including phenoxy) is 1. The van der Waals surface area contributed by atoms with Crippen molar-refractivity contribution in [1.29, 1.82) is 0 Å². The fourth-order valence-electron chi connectivity index (χ4n) is 3.21. The average molecular weight is 277 g/mol. The molecule has 0 saturated heterocycles. The monoisotopic (exact) mass is 277 g/mol. The molecule has 20 heavy (non-hydrogen) atoms. The highest BCUT2D eigenvalue weighted by molar-refractivity contribution is 5.40. The molecule has 0 bridgehead atoms. The van der Waals surface area contributed by atoms with E-state index in [0.29, 0.717) is 0 Å². The van der Waals surface area contributed by atoms with Gasteiger partial charge in [-0.25, -0.2) is 0 Å². The maximum absolute atomic E-state index is 5.62. The number of rotatable bonds is 10. The van der Waals surface area contributed by atoms with Crippen molar-refractivity contribution in [2.24, 2.45) is 0 Å². The van der Waals surface area contributed by atoms with Crippen molar-refractivity contribution in [2.45, 2.75) is 58.3 Å². The van der Waals surface area contributed by atoms with Gasteiger partial charge in [0, 0.05) is 17.5 Å². The summed E-state index contributed by atoms with van der Waals surface area (Å²) in [4.78, 5) is 0. The zero-order chi connectivity index (χ0) is 14.8. The Bertz CT molecular complexity index is 369. The van der Waals surface area contributed by atoms with E-state index in [4.69, 9.17) is 4.74 Å². The molecule has 0 aliphatic carbocycles. The van der Waals surface area contributed by atoms with Crippen LogP contribution < -0.4 is 10.1 Å². The van der Waals surface area contributed by atoms with Crippen LogP contribution in [0.25, 0.3) is 0 Å². The van der Waals surface area contributed by atoms with Crippen molar-refractivity contribution in [3.05, 3.63) is 29.8 Å². The minimum atomic E-state index is 0.200. The van der Waals surface area contributed by atoms with Crippen LogP contribution >= 0.6 is 0 Å². The predicted molar refractivity (Wildman–Crippen MR) is 87.6 cm³/mol. The molecule has 0 fully saturated rings. The predicted octanol–water partition coefficient (Wildman–Crippen LogP) is 4.53. The summed E-state index contributed by atoms with van der Waals surface area (Å²) < 4.78 is 5.62. The molecule has 1 N–H and O–H groups in total. The molecule has 2 nitrogen and oxygen atoms in total. The highest BCUT2D eigenvalue weighted by Crippen LogP contribution is 2.39. The number of methoxy groups -OCH3 is 1. The summed E-state index contributed by atoms with van der Waals surface area (Å²) in [6.07, 6.45) is 5.99. The topological polar surface area (TPSA) is 21.3 Å². The van der Waals surface area contributed by atoms with E-state index in [1.165, 1.54) is 37.7 Å². The standard InChI is InChI=1S/C18H31NO/c1-5-12-18(13-6-2,15-19-14-7-3)16-10-8-9-11-17(16)20-4/h8-11,19H,5-7,12-15H2,1-4H3. The number of hydrogen-bond donors (Lipinski definition) is 1. The molecular formula is C18H31NO. The van der Waals surface area contributed by atoms with Crippen molar-refractivity contribution in [3.63, 3.8) is 0 Å². The van der Waals surface area contributed by atoms with Crippen LogP contribution in [-0.2, 0) is 5.41 Å². The van der Waals surface area contributed by atoms with Crippen molar-refractivity contribution in [3.8, 4) is 5.75 Å². The fraction of sp³-hybridized carbons (Fsp3) is 0.667. The van der Waals surface area contributed by atoms with Crippen molar-refractivity contribution in [1.82, 2.24) is 5.32 Å². The molecule has 0 heterocycles. The number of nitrogens with one attached hydrogen (secondary N) is 1. The van der Waals surface area contributed by atoms with Crippen LogP contribution in [0.2, 0.25) is 0 Å². The van der Waals surface area contributed by atoms with Gasteiger partial charge >= 0.3 is 0 Å². The Labute approximate surface area is 124 Å². The largest absolute Gasteiger partial charge is 0.496 e. The first kappa shape index (κ1) is 17.0. The lowest BCUT2D eigenvalue weighted by Gasteiger charge is -2.35. The summed E-state index contributed by atoms with van der Waals surface area (Å²) in [7, 11) is 1.78. The molecule has 0 aliphatic rings. The van der Waals surface area contributed by atoms with Crippen LogP contribution in [0.5, 0.6) is 5.75 Å². The number of para-hydroxylation sites is 1. The molecule has 1 aromatic rings. The molecule has 0 spiro atoms. The van der Waals surface area contributed by atoms with Gasteiger partial charge in [-0.1, -0.05) is 51.8 Å². The van der Waals surface area contributed by atoms with E-state index >= 15 is 0 Å². The second kappa shape index (κ2) is 9.02. The van der Waals surface area contributed by atoms with Crippen LogP contribution in [0, 0.1) is 0 Å². The van der Waals surface area contributed by atoms with Gasteiger partial charge in [0.05, 0.1) is 7.11 Å². The van der Waals surface area contributed by atoms with Crippen LogP contribution in [0.1, 0.15) is 58.4 Å². The lowest BCUT2D eigenvalue weighted by atomic mass is 9.73. The summed E-state index contributed by atoms with van der Waals surface area (Å²) in [6, 6.07) is 8.54. The molecule has 0 unspecified atom stereocenters. The fourth-order valence-corrected chi connectivity index (χ4v) is 3.21. The molecule has 0 radical (unpaired) electrons. The number of benzene rings is 1. The van der Waals surface area contributed by atoms with E-state index in [9.17, 15) is 0 Å². The van der Waals surface area contributed by atoms with Gasteiger partial charge in [-0.15, -0.1) is 0 Å². The molecule has 0 aromatic heterocycles. The Balaban J connectivity index is 3.11. The van der Waals surface area contributed by atoms with E-state index < -0.39 is 0 Å². The maximum Gasteiger partial charge on any atom is 0.122 e. The van der Waals surface area contributed by atoms with Gasteiger partial charge in [-0.05, 0) is 31.9 Å². The smallest absolute Gasteiger partial charge is 0.122 e. The third-order valence-electron chi connectivity index (χ3n) is 4.03.